The SMILES string of the molecule is Cc1nc2ccccc2n1CCCN=C(N)NC1CCCCCC1. The van der Waals surface area contributed by atoms with E-state index in [4.69, 9.17) is 5.73 Å². The van der Waals surface area contributed by atoms with Crippen molar-refractivity contribution in [2.75, 3.05) is 6.54 Å². The van der Waals surface area contributed by atoms with Gasteiger partial charge in [-0.25, -0.2) is 4.98 Å². The number of aromatic nitrogens is 2. The predicted octanol–water partition coefficient (Wildman–Crippen LogP) is 3.36. The molecule has 1 heterocycles. The van der Waals surface area contributed by atoms with Crippen molar-refractivity contribution < 1.29 is 0 Å². The number of para-hydroxylation sites is 2. The third-order valence-corrected chi connectivity index (χ3v) is 4.87. The Hall–Kier alpha value is -2.04. The lowest BCUT2D eigenvalue weighted by molar-refractivity contribution is 0.529. The molecule has 0 saturated heterocycles. The standard InChI is InChI=1S/C19H29N5/c1-15-22-17-11-6-7-12-18(17)24(15)14-8-13-21-19(20)23-16-9-4-2-3-5-10-16/h6-7,11-12,16H,2-5,8-10,13-14H2,1H3,(H3,20,21,23). The number of aryl methyl sites for hydroxylation is 2. The molecule has 0 amide bonds. The summed E-state index contributed by atoms with van der Waals surface area (Å²) in [6, 6.07) is 8.79. The number of nitrogens with two attached hydrogens (primary N) is 1. The van der Waals surface area contributed by atoms with E-state index in [1.807, 2.05) is 6.07 Å². The highest BCUT2D eigenvalue weighted by atomic mass is 15.1. The van der Waals surface area contributed by atoms with Crippen LogP contribution in [0.4, 0.5) is 0 Å². The average Bonchev–Trinajstić information content (AvgIpc) is 2.74. The topological polar surface area (TPSA) is 68.2 Å². The highest BCUT2D eigenvalue weighted by Crippen LogP contribution is 2.17. The van der Waals surface area contributed by atoms with Crippen LogP contribution in [0.15, 0.2) is 29.3 Å². The highest BCUT2D eigenvalue weighted by molar-refractivity contribution is 5.78. The second-order valence-corrected chi connectivity index (χ2v) is 6.75. The van der Waals surface area contributed by atoms with Crippen molar-refractivity contribution in [3.63, 3.8) is 0 Å². The van der Waals surface area contributed by atoms with Gasteiger partial charge in [-0.2, -0.15) is 0 Å². The summed E-state index contributed by atoms with van der Waals surface area (Å²) < 4.78 is 2.26. The van der Waals surface area contributed by atoms with Crippen LogP contribution >= 0.6 is 0 Å². The molecule has 1 saturated carbocycles. The average molecular weight is 327 g/mol. The first kappa shape index (κ1) is 16.8. The van der Waals surface area contributed by atoms with Gasteiger partial charge in [0.05, 0.1) is 11.0 Å². The Kier molecular flexibility index (Phi) is 5.72. The number of rotatable bonds is 5. The van der Waals surface area contributed by atoms with Gasteiger partial charge in [-0.05, 0) is 38.3 Å². The molecule has 0 aliphatic heterocycles. The predicted molar refractivity (Wildman–Crippen MR) is 100 cm³/mol. The van der Waals surface area contributed by atoms with E-state index in [1.54, 1.807) is 0 Å². The Balaban J connectivity index is 1.49. The molecule has 1 aliphatic rings. The van der Waals surface area contributed by atoms with Gasteiger partial charge in [-0.15, -0.1) is 0 Å². The summed E-state index contributed by atoms with van der Waals surface area (Å²) in [5, 5.41) is 3.40. The van der Waals surface area contributed by atoms with E-state index in [1.165, 1.54) is 44.0 Å². The van der Waals surface area contributed by atoms with Gasteiger partial charge in [-0.3, -0.25) is 4.99 Å². The molecule has 1 aromatic heterocycles. The van der Waals surface area contributed by atoms with Gasteiger partial charge >= 0.3 is 0 Å². The molecule has 0 unspecified atom stereocenters. The Morgan fingerprint density at radius 3 is 2.79 bits per heavy atom. The number of imidazole rings is 1. The molecule has 24 heavy (non-hydrogen) atoms. The van der Waals surface area contributed by atoms with Crippen molar-refractivity contribution in [2.45, 2.75) is 64.5 Å². The van der Waals surface area contributed by atoms with Crippen LogP contribution in [-0.4, -0.2) is 28.1 Å². The third kappa shape index (κ3) is 4.28. The van der Waals surface area contributed by atoms with Gasteiger partial charge in [0.2, 0.25) is 0 Å². The molecular formula is C19H29N5. The van der Waals surface area contributed by atoms with E-state index in [9.17, 15) is 0 Å². The van der Waals surface area contributed by atoms with Crippen LogP contribution in [0.3, 0.4) is 0 Å². The first-order chi connectivity index (χ1) is 11.7. The maximum atomic E-state index is 6.06. The van der Waals surface area contributed by atoms with Crippen LogP contribution in [0, 0.1) is 6.92 Å². The van der Waals surface area contributed by atoms with Crippen molar-refractivity contribution in [3.05, 3.63) is 30.1 Å². The molecule has 5 heteroatoms. The van der Waals surface area contributed by atoms with Crippen molar-refractivity contribution >= 4 is 17.0 Å². The largest absolute Gasteiger partial charge is 0.370 e. The highest BCUT2D eigenvalue weighted by Gasteiger charge is 2.12. The molecule has 130 valence electrons. The first-order valence-electron chi connectivity index (χ1n) is 9.22. The first-order valence-corrected chi connectivity index (χ1v) is 9.22. The van der Waals surface area contributed by atoms with Gasteiger partial charge in [0.25, 0.3) is 0 Å². The number of benzene rings is 1. The summed E-state index contributed by atoms with van der Waals surface area (Å²) in [7, 11) is 0. The number of nitrogens with zero attached hydrogens (tertiary/aromatic N) is 3. The van der Waals surface area contributed by atoms with Crippen LogP contribution in [0.25, 0.3) is 11.0 Å². The number of hydrogen-bond donors (Lipinski definition) is 2. The summed E-state index contributed by atoms with van der Waals surface area (Å²) in [5.41, 5.74) is 8.32. The summed E-state index contributed by atoms with van der Waals surface area (Å²) in [5.74, 6) is 1.67. The fraction of sp³-hybridized carbons (Fsp3) is 0.579. The van der Waals surface area contributed by atoms with Crippen LogP contribution in [0.1, 0.15) is 50.8 Å². The third-order valence-electron chi connectivity index (χ3n) is 4.87. The van der Waals surface area contributed by atoms with Crippen molar-refractivity contribution in [1.82, 2.24) is 14.9 Å². The fourth-order valence-electron chi connectivity index (χ4n) is 3.59. The Morgan fingerprint density at radius 2 is 2.00 bits per heavy atom. The molecule has 0 bridgehead atoms. The van der Waals surface area contributed by atoms with Crippen LogP contribution in [0.5, 0.6) is 0 Å². The molecule has 0 atom stereocenters. The van der Waals surface area contributed by atoms with Crippen molar-refractivity contribution in [3.8, 4) is 0 Å². The molecule has 1 aliphatic carbocycles. The molecule has 1 aromatic carbocycles. The number of hydrogen-bond acceptors (Lipinski definition) is 2. The zero-order valence-electron chi connectivity index (χ0n) is 14.7. The van der Waals surface area contributed by atoms with E-state index in [-0.39, 0.29) is 0 Å². The number of guanidine groups is 1. The van der Waals surface area contributed by atoms with E-state index in [0.29, 0.717) is 12.0 Å². The van der Waals surface area contributed by atoms with E-state index < -0.39 is 0 Å². The molecule has 0 radical (unpaired) electrons. The summed E-state index contributed by atoms with van der Waals surface area (Å²) in [6.07, 6.45) is 8.72. The molecule has 0 spiro atoms. The molecule has 3 N–H and O–H groups in total. The number of fused-ring (bicyclic) bond motifs is 1. The molecular weight excluding hydrogens is 298 g/mol. The lowest BCUT2D eigenvalue weighted by Crippen LogP contribution is -2.39. The number of aliphatic imine (C=N–C) groups is 1. The molecule has 2 aromatic rings. The van der Waals surface area contributed by atoms with Gasteiger partial charge in [0, 0.05) is 19.1 Å². The van der Waals surface area contributed by atoms with Crippen molar-refractivity contribution in [1.29, 1.82) is 0 Å². The van der Waals surface area contributed by atoms with Crippen LogP contribution in [-0.2, 0) is 6.54 Å². The monoisotopic (exact) mass is 327 g/mol. The van der Waals surface area contributed by atoms with E-state index in [2.05, 4.69) is 45.0 Å². The minimum absolute atomic E-state index is 0.510. The summed E-state index contributed by atoms with van der Waals surface area (Å²) in [6.45, 7) is 3.73. The minimum Gasteiger partial charge on any atom is -0.370 e. The van der Waals surface area contributed by atoms with E-state index in [0.717, 1.165) is 30.9 Å². The Morgan fingerprint density at radius 1 is 1.25 bits per heavy atom. The van der Waals surface area contributed by atoms with Gasteiger partial charge in [-0.1, -0.05) is 37.8 Å². The van der Waals surface area contributed by atoms with Gasteiger partial charge in [0.15, 0.2) is 5.96 Å². The maximum Gasteiger partial charge on any atom is 0.188 e. The normalized spacial score (nSPS) is 17.1. The Labute approximate surface area is 144 Å². The maximum absolute atomic E-state index is 6.06. The molecule has 3 rings (SSSR count). The van der Waals surface area contributed by atoms with Crippen LogP contribution in [0.2, 0.25) is 0 Å². The van der Waals surface area contributed by atoms with Gasteiger partial charge < -0.3 is 15.6 Å². The van der Waals surface area contributed by atoms with Gasteiger partial charge in [0.1, 0.15) is 5.82 Å². The Bertz CT molecular complexity index is 680. The second kappa shape index (κ2) is 8.18. The zero-order valence-corrected chi connectivity index (χ0v) is 14.7. The quantitative estimate of drug-likeness (QED) is 0.383. The fourth-order valence-corrected chi connectivity index (χ4v) is 3.59. The van der Waals surface area contributed by atoms with Crippen molar-refractivity contribution in [2.24, 2.45) is 10.7 Å². The van der Waals surface area contributed by atoms with Crippen LogP contribution < -0.4 is 11.1 Å². The second-order valence-electron chi connectivity index (χ2n) is 6.75. The summed E-state index contributed by atoms with van der Waals surface area (Å²) >= 11 is 0. The zero-order chi connectivity index (χ0) is 16.8. The molecule has 5 nitrogen and oxygen atoms in total. The lowest BCUT2D eigenvalue weighted by atomic mass is 10.1. The lowest BCUT2D eigenvalue weighted by Gasteiger charge is -2.16. The minimum atomic E-state index is 0.510. The number of nitrogens with one attached hydrogen (secondary N) is 1. The molecule has 1 fully saturated rings. The van der Waals surface area contributed by atoms with E-state index >= 15 is 0 Å². The summed E-state index contributed by atoms with van der Waals surface area (Å²) in [4.78, 5) is 9.11. The smallest absolute Gasteiger partial charge is 0.188 e.